The summed E-state index contributed by atoms with van der Waals surface area (Å²) in [6.45, 7) is 7.14. The first-order valence-electron chi connectivity index (χ1n) is 6.76. The lowest BCUT2D eigenvalue weighted by Crippen LogP contribution is -2.38. The molecule has 0 aliphatic rings. The molecule has 1 atom stereocenters. The number of carbonyl (C=O) groups excluding carboxylic acids is 1. The van der Waals surface area contributed by atoms with E-state index < -0.39 is 6.10 Å². The monoisotopic (exact) mass is 264 g/mol. The first-order chi connectivity index (χ1) is 9.02. The third kappa shape index (κ3) is 5.75. The lowest BCUT2D eigenvalue weighted by Gasteiger charge is -2.16. The Balaban J connectivity index is 2.53. The topological polar surface area (TPSA) is 64.3 Å². The summed E-state index contributed by atoms with van der Waals surface area (Å²) >= 11 is 0. The van der Waals surface area contributed by atoms with Gasteiger partial charge in [-0.25, -0.2) is 0 Å². The van der Waals surface area contributed by atoms with Gasteiger partial charge in [-0.15, -0.1) is 0 Å². The highest BCUT2D eigenvalue weighted by Gasteiger charge is 2.14. The van der Waals surface area contributed by atoms with Gasteiger partial charge in [0.1, 0.15) is 5.75 Å². The highest BCUT2D eigenvalue weighted by Crippen LogP contribution is 2.15. The van der Waals surface area contributed by atoms with Crippen molar-refractivity contribution >= 4 is 5.91 Å². The maximum atomic E-state index is 11.8. The second-order valence-electron chi connectivity index (χ2n) is 5.09. The number of rotatable bonds is 7. The molecule has 0 radical (unpaired) electrons. The first kappa shape index (κ1) is 15.5. The Labute approximate surface area is 115 Å². The summed E-state index contributed by atoms with van der Waals surface area (Å²) in [5, 5.41) is 2.86. The highest BCUT2D eigenvalue weighted by molar-refractivity contribution is 5.80. The molecule has 0 aliphatic carbocycles. The summed E-state index contributed by atoms with van der Waals surface area (Å²) in [7, 11) is 0. The van der Waals surface area contributed by atoms with Crippen LogP contribution in [0.5, 0.6) is 5.75 Å². The van der Waals surface area contributed by atoms with E-state index in [1.807, 2.05) is 24.3 Å². The van der Waals surface area contributed by atoms with E-state index >= 15 is 0 Å². The van der Waals surface area contributed by atoms with Crippen molar-refractivity contribution in [3.63, 3.8) is 0 Å². The van der Waals surface area contributed by atoms with Crippen LogP contribution in [0.3, 0.4) is 0 Å². The number of hydrogen-bond donors (Lipinski definition) is 2. The van der Waals surface area contributed by atoms with E-state index in [9.17, 15) is 4.79 Å². The average molecular weight is 264 g/mol. The Morgan fingerprint density at radius 2 is 2.11 bits per heavy atom. The largest absolute Gasteiger partial charge is 0.481 e. The first-order valence-corrected chi connectivity index (χ1v) is 6.76. The minimum Gasteiger partial charge on any atom is -0.481 e. The van der Waals surface area contributed by atoms with Crippen LogP contribution in [-0.4, -0.2) is 25.1 Å². The summed E-state index contributed by atoms with van der Waals surface area (Å²) in [6.07, 6.45) is 0.317. The van der Waals surface area contributed by atoms with Crippen LogP contribution in [0.15, 0.2) is 24.3 Å². The van der Waals surface area contributed by atoms with Gasteiger partial charge in [0.15, 0.2) is 6.10 Å². The molecule has 1 amide bonds. The van der Waals surface area contributed by atoms with Gasteiger partial charge in [0.05, 0.1) is 0 Å². The number of amides is 1. The molecule has 1 unspecified atom stereocenters. The Morgan fingerprint density at radius 3 is 2.74 bits per heavy atom. The van der Waals surface area contributed by atoms with Gasteiger partial charge < -0.3 is 15.8 Å². The van der Waals surface area contributed by atoms with E-state index in [4.69, 9.17) is 10.5 Å². The minimum absolute atomic E-state index is 0.0853. The maximum Gasteiger partial charge on any atom is 0.260 e. The zero-order valence-corrected chi connectivity index (χ0v) is 12.0. The Bertz CT molecular complexity index is 405. The van der Waals surface area contributed by atoms with Crippen molar-refractivity contribution in [1.29, 1.82) is 0 Å². The minimum atomic E-state index is -0.494. The molecule has 4 heteroatoms. The standard InChI is InChI=1S/C15H24N2O2/c1-11(2)10-17-15(18)12(3)19-14-6-4-5-13(9-14)7-8-16/h4-6,9,11-12H,7-8,10,16H2,1-3H3,(H,17,18). The lowest BCUT2D eigenvalue weighted by atomic mass is 10.1. The van der Waals surface area contributed by atoms with Crippen LogP contribution in [0.2, 0.25) is 0 Å². The second kappa shape index (κ2) is 7.79. The van der Waals surface area contributed by atoms with Crippen LogP contribution in [0.25, 0.3) is 0 Å². The zero-order chi connectivity index (χ0) is 14.3. The zero-order valence-electron chi connectivity index (χ0n) is 12.0. The van der Waals surface area contributed by atoms with Gasteiger partial charge in [-0.05, 0) is 43.5 Å². The average Bonchev–Trinajstić information content (AvgIpc) is 2.36. The van der Waals surface area contributed by atoms with E-state index in [1.54, 1.807) is 6.92 Å². The number of hydrogen-bond acceptors (Lipinski definition) is 3. The van der Waals surface area contributed by atoms with Gasteiger partial charge in [0.2, 0.25) is 0 Å². The lowest BCUT2D eigenvalue weighted by molar-refractivity contribution is -0.127. The fourth-order valence-corrected chi connectivity index (χ4v) is 1.65. The van der Waals surface area contributed by atoms with Crippen molar-refractivity contribution < 1.29 is 9.53 Å². The summed E-state index contributed by atoms with van der Waals surface area (Å²) in [5.74, 6) is 1.06. The van der Waals surface area contributed by atoms with Crippen LogP contribution in [-0.2, 0) is 11.2 Å². The predicted molar refractivity (Wildman–Crippen MR) is 77.1 cm³/mol. The van der Waals surface area contributed by atoms with Crippen molar-refractivity contribution in [3.05, 3.63) is 29.8 Å². The van der Waals surface area contributed by atoms with E-state index in [-0.39, 0.29) is 5.91 Å². The summed E-state index contributed by atoms with van der Waals surface area (Å²) in [6, 6.07) is 7.70. The molecular formula is C15H24N2O2. The molecule has 0 heterocycles. The SMILES string of the molecule is CC(C)CNC(=O)C(C)Oc1cccc(CCN)c1. The molecule has 106 valence electrons. The quantitative estimate of drug-likeness (QED) is 0.788. The molecule has 0 spiro atoms. The summed E-state index contributed by atoms with van der Waals surface area (Å²) in [5.41, 5.74) is 6.64. The van der Waals surface area contributed by atoms with Crippen LogP contribution in [0, 0.1) is 5.92 Å². The fourth-order valence-electron chi connectivity index (χ4n) is 1.65. The van der Waals surface area contributed by atoms with Crippen LogP contribution in [0.1, 0.15) is 26.3 Å². The molecule has 3 N–H and O–H groups in total. The number of benzene rings is 1. The van der Waals surface area contributed by atoms with Gasteiger partial charge in [-0.1, -0.05) is 26.0 Å². The second-order valence-corrected chi connectivity index (χ2v) is 5.09. The van der Waals surface area contributed by atoms with Crippen molar-refractivity contribution in [2.45, 2.75) is 33.3 Å². The predicted octanol–water partition coefficient (Wildman–Crippen LogP) is 1.73. The van der Waals surface area contributed by atoms with E-state index in [0.717, 1.165) is 12.0 Å². The molecule has 1 aromatic carbocycles. The number of carbonyl (C=O) groups is 1. The molecule has 1 rings (SSSR count). The summed E-state index contributed by atoms with van der Waals surface area (Å²) in [4.78, 5) is 11.8. The molecule has 0 saturated heterocycles. The fraction of sp³-hybridized carbons (Fsp3) is 0.533. The summed E-state index contributed by atoms with van der Waals surface area (Å²) < 4.78 is 5.64. The van der Waals surface area contributed by atoms with Crippen molar-refractivity contribution in [3.8, 4) is 5.75 Å². The van der Waals surface area contributed by atoms with Crippen molar-refractivity contribution in [2.75, 3.05) is 13.1 Å². The van der Waals surface area contributed by atoms with Gasteiger partial charge >= 0.3 is 0 Å². The Hall–Kier alpha value is -1.55. The molecule has 19 heavy (non-hydrogen) atoms. The Kier molecular flexibility index (Phi) is 6.36. The van der Waals surface area contributed by atoms with E-state index in [0.29, 0.717) is 24.8 Å². The van der Waals surface area contributed by atoms with Crippen molar-refractivity contribution in [1.82, 2.24) is 5.32 Å². The van der Waals surface area contributed by atoms with Crippen LogP contribution < -0.4 is 15.8 Å². The molecule has 1 aromatic rings. The van der Waals surface area contributed by atoms with E-state index in [2.05, 4.69) is 19.2 Å². The highest BCUT2D eigenvalue weighted by atomic mass is 16.5. The molecule has 0 aliphatic heterocycles. The molecular weight excluding hydrogens is 240 g/mol. The van der Waals surface area contributed by atoms with Crippen LogP contribution >= 0.6 is 0 Å². The number of ether oxygens (including phenoxy) is 1. The van der Waals surface area contributed by atoms with E-state index in [1.165, 1.54) is 0 Å². The van der Waals surface area contributed by atoms with Gasteiger partial charge in [0.25, 0.3) is 5.91 Å². The number of nitrogens with one attached hydrogen (secondary N) is 1. The molecule has 0 aromatic heterocycles. The normalized spacial score (nSPS) is 12.3. The van der Waals surface area contributed by atoms with Gasteiger partial charge in [-0.3, -0.25) is 4.79 Å². The smallest absolute Gasteiger partial charge is 0.260 e. The van der Waals surface area contributed by atoms with Gasteiger partial charge in [0, 0.05) is 6.54 Å². The number of nitrogens with two attached hydrogens (primary N) is 1. The third-order valence-electron chi connectivity index (χ3n) is 2.70. The molecule has 0 bridgehead atoms. The molecule has 4 nitrogen and oxygen atoms in total. The molecule has 0 fully saturated rings. The third-order valence-corrected chi connectivity index (χ3v) is 2.70. The maximum absolute atomic E-state index is 11.8. The Morgan fingerprint density at radius 1 is 1.37 bits per heavy atom. The van der Waals surface area contributed by atoms with Crippen LogP contribution in [0.4, 0.5) is 0 Å². The molecule has 0 saturated carbocycles. The van der Waals surface area contributed by atoms with Crippen molar-refractivity contribution in [2.24, 2.45) is 11.7 Å². The van der Waals surface area contributed by atoms with Gasteiger partial charge in [-0.2, -0.15) is 0 Å².